The zero-order valence-electron chi connectivity index (χ0n) is 12.6. The largest absolute Gasteiger partial charge is 0.482 e. The second kappa shape index (κ2) is 9.34. The first-order chi connectivity index (χ1) is 10.8. The fourth-order valence-electron chi connectivity index (χ4n) is 1.88. The molecule has 0 bridgehead atoms. The molecule has 0 aliphatic carbocycles. The summed E-state index contributed by atoms with van der Waals surface area (Å²) in [5, 5.41) is 2.38. The van der Waals surface area contributed by atoms with Gasteiger partial charge in [0.25, 0.3) is 0 Å². The molecule has 1 aromatic rings. The van der Waals surface area contributed by atoms with Crippen LogP contribution in [0.2, 0.25) is 0 Å². The standard InChI is InChI=1S/C15H20F4N2O2/c16-11-6-7-13(23-10-15(17,18)19)12(9-11)21-14(22)5-3-1-2-4-8-20/h6-7,9H,1-5,8,10,20H2,(H,21,22). The number of hydrogen-bond acceptors (Lipinski definition) is 3. The molecule has 0 fully saturated rings. The predicted molar refractivity (Wildman–Crippen MR) is 78.7 cm³/mol. The normalized spacial score (nSPS) is 11.3. The van der Waals surface area contributed by atoms with Crippen LogP contribution >= 0.6 is 0 Å². The van der Waals surface area contributed by atoms with Crippen molar-refractivity contribution in [3.63, 3.8) is 0 Å². The molecule has 0 radical (unpaired) electrons. The van der Waals surface area contributed by atoms with Crippen molar-refractivity contribution in [1.82, 2.24) is 0 Å². The molecule has 3 N–H and O–H groups in total. The number of hydrogen-bond donors (Lipinski definition) is 2. The van der Waals surface area contributed by atoms with E-state index in [1.54, 1.807) is 0 Å². The Bertz CT molecular complexity index is 507. The quantitative estimate of drug-likeness (QED) is 0.535. The van der Waals surface area contributed by atoms with Crippen molar-refractivity contribution in [2.75, 3.05) is 18.5 Å². The van der Waals surface area contributed by atoms with Crippen LogP contribution in [0, 0.1) is 5.82 Å². The molecular formula is C15H20F4N2O2. The maximum atomic E-state index is 13.2. The highest BCUT2D eigenvalue weighted by Crippen LogP contribution is 2.27. The van der Waals surface area contributed by atoms with Crippen LogP contribution in [0.1, 0.15) is 32.1 Å². The van der Waals surface area contributed by atoms with E-state index in [0.29, 0.717) is 13.0 Å². The third kappa shape index (κ3) is 8.39. The molecule has 1 rings (SSSR count). The number of carbonyl (C=O) groups is 1. The Morgan fingerprint density at radius 3 is 2.52 bits per heavy atom. The summed E-state index contributed by atoms with van der Waals surface area (Å²) in [6.07, 6.45) is -1.09. The van der Waals surface area contributed by atoms with E-state index in [-0.39, 0.29) is 17.9 Å². The molecule has 0 aromatic heterocycles. The smallest absolute Gasteiger partial charge is 0.422 e. The van der Waals surface area contributed by atoms with Gasteiger partial charge in [0, 0.05) is 12.5 Å². The van der Waals surface area contributed by atoms with E-state index in [1.807, 2.05) is 0 Å². The Morgan fingerprint density at radius 1 is 1.17 bits per heavy atom. The Hall–Kier alpha value is -1.83. The highest BCUT2D eigenvalue weighted by atomic mass is 19.4. The molecule has 8 heteroatoms. The summed E-state index contributed by atoms with van der Waals surface area (Å²) in [6.45, 7) is -0.921. The van der Waals surface area contributed by atoms with E-state index in [4.69, 9.17) is 5.73 Å². The second-order valence-corrected chi connectivity index (χ2v) is 5.05. The molecule has 4 nitrogen and oxygen atoms in total. The molecule has 1 aromatic carbocycles. The molecule has 0 unspecified atom stereocenters. The zero-order chi connectivity index (χ0) is 17.3. The van der Waals surface area contributed by atoms with Crippen LogP contribution in [0.3, 0.4) is 0 Å². The van der Waals surface area contributed by atoms with Crippen LogP contribution in [-0.2, 0) is 4.79 Å². The van der Waals surface area contributed by atoms with Gasteiger partial charge in [-0.15, -0.1) is 0 Å². The monoisotopic (exact) mass is 336 g/mol. The highest BCUT2D eigenvalue weighted by Gasteiger charge is 2.29. The summed E-state index contributed by atoms with van der Waals surface area (Å²) in [4.78, 5) is 11.8. The number of anilines is 1. The number of nitrogens with one attached hydrogen (secondary N) is 1. The third-order valence-electron chi connectivity index (χ3n) is 2.96. The van der Waals surface area contributed by atoms with Crippen molar-refractivity contribution in [1.29, 1.82) is 0 Å². The van der Waals surface area contributed by atoms with E-state index in [1.165, 1.54) is 0 Å². The Balaban J connectivity index is 2.56. The van der Waals surface area contributed by atoms with Gasteiger partial charge in [-0.1, -0.05) is 12.8 Å². The molecule has 0 saturated carbocycles. The Kier molecular flexibility index (Phi) is 7.80. The summed E-state index contributed by atoms with van der Waals surface area (Å²) in [7, 11) is 0. The average molecular weight is 336 g/mol. The molecule has 1 amide bonds. The lowest BCUT2D eigenvalue weighted by Crippen LogP contribution is -2.20. The zero-order valence-corrected chi connectivity index (χ0v) is 12.6. The van der Waals surface area contributed by atoms with Crippen molar-refractivity contribution in [3.8, 4) is 5.75 Å². The predicted octanol–water partition coefficient (Wildman–Crippen LogP) is 3.61. The molecule has 130 valence electrons. The first kappa shape index (κ1) is 19.2. The summed E-state index contributed by atoms with van der Waals surface area (Å²) >= 11 is 0. The van der Waals surface area contributed by atoms with Gasteiger partial charge in [-0.25, -0.2) is 4.39 Å². The molecular weight excluding hydrogens is 316 g/mol. The summed E-state index contributed by atoms with van der Waals surface area (Å²) < 4.78 is 54.4. The summed E-state index contributed by atoms with van der Waals surface area (Å²) in [5.41, 5.74) is 5.24. The van der Waals surface area contributed by atoms with Gasteiger partial charge < -0.3 is 15.8 Å². The first-order valence-corrected chi connectivity index (χ1v) is 7.31. The number of unbranched alkanes of at least 4 members (excludes halogenated alkanes) is 3. The van der Waals surface area contributed by atoms with Crippen LogP contribution in [-0.4, -0.2) is 25.2 Å². The minimum absolute atomic E-state index is 0.110. The van der Waals surface area contributed by atoms with Crippen LogP contribution in [0.5, 0.6) is 5.75 Å². The van der Waals surface area contributed by atoms with E-state index in [2.05, 4.69) is 10.1 Å². The molecule has 23 heavy (non-hydrogen) atoms. The molecule has 0 aliphatic heterocycles. The van der Waals surface area contributed by atoms with Crippen molar-refractivity contribution in [3.05, 3.63) is 24.0 Å². The van der Waals surface area contributed by atoms with Crippen LogP contribution in [0.25, 0.3) is 0 Å². The number of halogens is 4. The van der Waals surface area contributed by atoms with Gasteiger partial charge >= 0.3 is 6.18 Å². The topological polar surface area (TPSA) is 64.4 Å². The summed E-state index contributed by atoms with van der Waals surface area (Å²) in [5.74, 6) is -1.30. The van der Waals surface area contributed by atoms with Crippen molar-refractivity contribution >= 4 is 11.6 Å². The number of ether oxygens (including phenoxy) is 1. The van der Waals surface area contributed by atoms with Gasteiger partial charge in [-0.2, -0.15) is 13.2 Å². The van der Waals surface area contributed by atoms with Crippen molar-refractivity contribution < 1.29 is 27.1 Å². The van der Waals surface area contributed by atoms with Crippen molar-refractivity contribution in [2.45, 2.75) is 38.3 Å². The molecule has 0 aliphatic rings. The summed E-state index contributed by atoms with van der Waals surface area (Å²) in [6, 6.07) is 2.95. The maximum Gasteiger partial charge on any atom is 0.422 e. The Morgan fingerprint density at radius 2 is 1.87 bits per heavy atom. The number of rotatable bonds is 9. The minimum atomic E-state index is -4.52. The van der Waals surface area contributed by atoms with Crippen LogP contribution < -0.4 is 15.8 Å². The van der Waals surface area contributed by atoms with E-state index >= 15 is 0 Å². The third-order valence-corrected chi connectivity index (χ3v) is 2.96. The lowest BCUT2D eigenvalue weighted by atomic mass is 10.1. The van der Waals surface area contributed by atoms with Gasteiger partial charge in [-0.3, -0.25) is 4.79 Å². The minimum Gasteiger partial charge on any atom is -0.482 e. The first-order valence-electron chi connectivity index (χ1n) is 7.31. The lowest BCUT2D eigenvalue weighted by molar-refractivity contribution is -0.153. The second-order valence-electron chi connectivity index (χ2n) is 5.05. The van der Waals surface area contributed by atoms with Gasteiger partial charge in [0.2, 0.25) is 5.91 Å². The number of nitrogens with two attached hydrogens (primary N) is 1. The van der Waals surface area contributed by atoms with E-state index in [0.717, 1.165) is 37.5 Å². The fourth-order valence-corrected chi connectivity index (χ4v) is 1.88. The molecule has 0 spiro atoms. The average Bonchev–Trinajstić information content (AvgIpc) is 2.45. The molecule has 0 saturated heterocycles. The van der Waals surface area contributed by atoms with Crippen LogP contribution in [0.4, 0.5) is 23.2 Å². The van der Waals surface area contributed by atoms with Crippen molar-refractivity contribution in [2.24, 2.45) is 5.73 Å². The van der Waals surface area contributed by atoms with Crippen LogP contribution in [0.15, 0.2) is 18.2 Å². The van der Waals surface area contributed by atoms with E-state index < -0.39 is 24.5 Å². The number of benzene rings is 1. The van der Waals surface area contributed by atoms with E-state index in [9.17, 15) is 22.4 Å². The fraction of sp³-hybridized carbons (Fsp3) is 0.533. The van der Waals surface area contributed by atoms with Gasteiger partial charge in [0.05, 0.1) is 5.69 Å². The number of amides is 1. The van der Waals surface area contributed by atoms with Gasteiger partial charge in [-0.05, 0) is 31.5 Å². The molecule has 0 heterocycles. The van der Waals surface area contributed by atoms with Gasteiger partial charge in [0.15, 0.2) is 6.61 Å². The lowest BCUT2D eigenvalue weighted by Gasteiger charge is -2.14. The van der Waals surface area contributed by atoms with Gasteiger partial charge in [0.1, 0.15) is 11.6 Å². The Labute approximate surface area is 132 Å². The number of carbonyl (C=O) groups excluding carboxylic acids is 1. The number of alkyl halides is 3. The SMILES string of the molecule is NCCCCCCC(=O)Nc1cc(F)ccc1OCC(F)(F)F. The maximum absolute atomic E-state index is 13.2. The highest BCUT2D eigenvalue weighted by molar-refractivity contribution is 5.92. The molecule has 0 atom stereocenters.